The molecular weight excluding hydrogens is 283 g/mol. The molecule has 2 rings (SSSR count). The van der Waals surface area contributed by atoms with E-state index in [2.05, 4.69) is 4.98 Å². The second-order valence-electron chi connectivity index (χ2n) is 4.54. The van der Waals surface area contributed by atoms with Gasteiger partial charge >= 0.3 is 12.1 Å². The zero-order chi connectivity index (χ0) is 15.6. The van der Waals surface area contributed by atoms with E-state index in [1.54, 1.807) is 31.2 Å². The summed E-state index contributed by atoms with van der Waals surface area (Å²) in [4.78, 5) is 14.0. The van der Waals surface area contributed by atoms with Crippen molar-refractivity contribution in [3.8, 4) is 11.1 Å². The highest BCUT2D eigenvalue weighted by Gasteiger charge is 2.39. The van der Waals surface area contributed by atoms with E-state index >= 15 is 0 Å². The Bertz CT molecular complexity index is 642. The molecule has 0 fully saturated rings. The van der Waals surface area contributed by atoms with Gasteiger partial charge in [-0.3, -0.25) is 0 Å². The van der Waals surface area contributed by atoms with Crippen molar-refractivity contribution in [3.63, 3.8) is 0 Å². The Morgan fingerprint density at radius 3 is 2.38 bits per heavy atom. The molecule has 21 heavy (non-hydrogen) atoms. The number of carbonyl (C=O) groups excluding carboxylic acids is 1. The van der Waals surface area contributed by atoms with Crippen molar-refractivity contribution < 1.29 is 22.7 Å². The van der Waals surface area contributed by atoms with Crippen LogP contribution in [0.4, 0.5) is 13.2 Å². The van der Waals surface area contributed by atoms with Crippen LogP contribution in [0.1, 0.15) is 28.5 Å². The standard InChI is InChI=1S/C15H14F3NO2/c1-3-21-14(20)12-11(8-19-13(12)15(16,17)18)10-6-4-9(2)5-7-10/h4-8,19H,3H2,1-2H3. The topological polar surface area (TPSA) is 42.1 Å². The number of aryl methyl sites for hydroxylation is 1. The van der Waals surface area contributed by atoms with E-state index in [-0.39, 0.29) is 12.2 Å². The van der Waals surface area contributed by atoms with Gasteiger partial charge in [-0.05, 0) is 19.4 Å². The van der Waals surface area contributed by atoms with Gasteiger partial charge in [0.25, 0.3) is 0 Å². The van der Waals surface area contributed by atoms with E-state index in [1.165, 1.54) is 6.20 Å². The molecular formula is C15H14F3NO2. The summed E-state index contributed by atoms with van der Waals surface area (Å²) in [6.45, 7) is 3.42. The Kier molecular flexibility index (Phi) is 4.06. The van der Waals surface area contributed by atoms with E-state index in [1.807, 2.05) is 6.92 Å². The number of benzene rings is 1. The maximum Gasteiger partial charge on any atom is 0.432 e. The lowest BCUT2D eigenvalue weighted by Gasteiger charge is -2.09. The lowest BCUT2D eigenvalue weighted by Crippen LogP contribution is -2.14. The van der Waals surface area contributed by atoms with Crippen molar-refractivity contribution in [3.05, 3.63) is 47.3 Å². The van der Waals surface area contributed by atoms with Crippen molar-refractivity contribution in [2.45, 2.75) is 20.0 Å². The predicted molar refractivity (Wildman–Crippen MR) is 71.9 cm³/mol. The number of aromatic nitrogens is 1. The quantitative estimate of drug-likeness (QED) is 0.863. The minimum absolute atomic E-state index is 0.00858. The third-order valence-corrected chi connectivity index (χ3v) is 3.01. The second kappa shape index (κ2) is 5.63. The van der Waals surface area contributed by atoms with Crippen LogP contribution >= 0.6 is 0 Å². The Morgan fingerprint density at radius 2 is 1.86 bits per heavy atom. The molecule has 0 atom stereocenters. The van der Waals surface area contributed by atoms with Gasteiger partial charge in [0.2, 0.25) is 0 Å². The fourth-order valence-electron chi connectivity index (χ4n) is 2.02. The van der Waals surface area contributed by atoms with Crippen molar-refractivity contribution in [1.82, 2.24) is 4.98 Å². The van der Waals surface area contributed by atoms with E-state index in [0.29, 0.717) is 5.56 Å². The minimum Gasteiger partial charge on any atom is -0.462 e. The number of halogens is 3. The van der Waals surface area contributed by atoms with E-state index in [4.69, 9.17) is 4.74 Å². The summed E-state index contributed by atoms with van der Waals surface area (Å²) in [6.07, 6.45) is -3.47. The first-order valence-corrected chi connectivity index (χ1v) is 6.37. The van der Waals surface area contributed by atoms with Crippen LogP contribution in [0.3, 0.4) is 0 Å². The molecule has 1 heterocycles. The monoisotopic (exact) mass is 297 g/mol. The molecule has 6 heteroatoms. The largest absolute Gasteiger partial charge is 0.462 e. The van der Waals surface area contributed by atoms with Gasteiger partial charge < -0.3 is 9.72 Å². The van der Waals surface area contributed by atoms with Gasteiger partial charge in [0.15, 0.2) is 0 Å². The molecule has 1 aromatic carbocycles. The van der Waals surface area contributed by atoms with Crippen molar-refractivity contribution in [1.29, 1.82) is 0 Å². The molecule has 0 saturated carbocycles. The summed E-state index contributed by atoms with van der Waals surface area (Å²) in [5.41, 5.74) is 0.115. The molecule has 0 aliphatic rings. The summed E-state index contributed by atoms with van der Waals surface area (Å²) >= 11 is 0. The molecule has 0 spiro atoms. The normalized spacial score (nSPS) is 11.5. The smallest absolute Gasteiger partial charge is 0.432 e. The van der Waals surface area contributed by atoms with E-state index in [9.17, 15) is 18.0 Å². The molecule has 0 saturated heterocycles. The number of esters is 1. The van der Waals surface area contributed by atoms with Crippen molar-refractivity contribution in [2.75, 3.05) is 6.61 Å². The Labute approximate surface area is 119 Å². The molecule has 0 bridgehead atoms. The molecule has 0 amide bonds. The van der Waals surface area contributed by atoms with Crippen LogP contribution in [0.5, 0.6) is 0 Å². The number of alkyl halides is 3. The first-order valence-electron chi connectivity index (χ1n) is 6.37. The number of nitrogens with one attached hydrogen (secondary N) is 1. The third-order valence-electron chi connectivity index (χ3n) is 3.01. The van der Waals surface area contributed by atoms with Gasteiger partial charge in [0, 0.05) is 11.8 Å². The summed E-state index contributed by atoms with van der Waals surface area (Å²) in [5.74, 6) is -0.985. The Morgan fingerprint density at radius 1 is 1.24 bits per heavy atom. The third kappa shape index (κ3) is 3.09. The van der Waals surface area contributed by atoms with Gasteiger partial charge in [-0.25, -0.2) is 4.79 Å². The molecule has 1 N–H and O–H groups in total. The highest BCUT2D eigenvalue weighted by Crippen LogP contribution is 2.36. The molecule has 0 aliphatic carbocycles. The maximum absolute atomic E-state index is 13.0. The van der Waals surface area contributed by atoms with Crippen LogP contribution in [0.25, 0.3) is 11.1 Å². The number of H-pyrrole nitrogens is 1. The SMILES string of the molecule is CCOC(=O)c1c(-c2ccc(C)cc2)c[nH]c1C(F)(F)F. The fourth-order valence-corrected chi connectivity index (χ4v) is 2.02. The highest BCUT2D eigenvalue weighted by molar-refractivity contribution is 5.99. The molecule has 0 aliphatic heterocycles. The van der Waals surface area contributed by atoms with Gasteiger partial charge in [0.1, 0.15) is 5.69 Å². The molecule has 2 aromatic rings. The average molecular weight is 297 g/mol. The van der Waals surface area contributed by atoms with Crippen molar-refractivity contribution >= 4 is 5.97 Å². The second-order valence-corrected chi connectivity index (χ2v) is 4.54. The van der Waals surface area contributed by atoms with E-state index in [0.717, 1.165) is 5.56 Å². The van der Waals surface area contributed by atoms with Crippen LogP contribution in [0.15, 0.2) is 30.5 Å². The number of hydrogen-bond acceptors (Lipinski definition) is 2. The van der Waals surface area contributed by atoms with Crippen LogP contribution < -0.4 is 0 Å². The van der Waals surface area contributed by atoms with Crippen molar-refractivity contribution in [2.24, 2.45) is 0 Å². The van der Waals surface area contributed by atoms with Crippen LogP contribution in [-0.2, 0) is 10.9 Å². The molecule has 0 unspecified atom stereocenters. The van der Waals surface area contributed by atoms with Gasteiger partial charge in [-0.2, -0.15) is 13.2 Å². The number of hydrogen-bond donors (Lipinski definition) is 1. The lowest BCUT2D eigenvalue weighted by molar-refractivity contribution is -0.141. The lowest BCUT2D eigenvalue weighted by atomic mass is 10.0. The first kappa shape index (κ1) is 15.2. The van der Waals surface area contributed by atoms with Gasteiger partial charge in [-0.15, -0.1) is 0 Å². The number of carbonyl (C=O) groups is 1. The summed E-state index contributed by atoms with van der Waals surface area (Å²) in [6, 6.07) is 6.87. The number of aromatic amines is 1. The number of rotatable bonds is 3. The minimum atomic E-state index is -4.65. The highest BCUT2D eigenvalue weighted by atomic mass is 19.4. The van der Waals surface area contributed by atoms with E-state index < -0.39 is 23.4 Å². The van der Waals surface area contributed by atoms with Crippen LogP contribution in [0, 0.1) is 6.92 Å². The summed E-state index contributed by atoms with van der Waals surface area (Å²) in [5, 5.41) is 0. The first-order chi connectivity index (χ1) is 9.84. The molecule has 1 aromatic heterocycles. The fraction of sp³-hybridized carbons (Fsp3) is 0.267. The van der Waals surface area contributed by atoms with Gasteiger partial charge in [0.05, 0.1) is 12.2 Å². The number of ether oxygens (including phenoxy) is 1. The van der Waals surface area contributed by atoms with Crippen LogP contribution in [-0.4, -0.2) is 17.6 Å². The Hall–Kier alpha value is -2.24. The Balaban J connectivity index is 2.58. The zero-order valence-electron chi connectivity index (χ0n) is 11.5. The maximum atomic E-state index is 13.0. The molecule has 3 nitrogen and oxygen atoms in total. The predicted octanol–water partition coefficient (Wildman–Crippen LogP) is 4.19. The zero-order valence-corrected chi connectivity index (χ0v) is 11.5. The molecule has 0 radical (unpaired) electrons. The van der Waals surface area contributed by atoms with Gasteiger partial charge in [-0.1, -0.05) is 29.8 Å². The summed E-state index contributed by atoms with van der Waals surface area (Å²) in [7, 11) is 0. The summed E-state index contributed by atoms with van der Waals surface area (Å²) < 4.78 is 43.8. The molecule has 112 valence electrons. The van der Waals surface area contributed by atoms with Crippen LogP contribution in [0.2, 0.25) is 0 Å². The average Bonchev–Trinajstić information content (AvgIpc) is 2.84.